The summed E-state index contributed by atoms with van der Waals surface area (Å²) in [6, 6.07) is 0. The van der Waals surface area contributed by atoms with Gasteiger partial charge in [0.1, 0.15) is 0 Å². The van der Waals surface area contributed by atoms with Gasteiger partial charge in [-0.25, -0.2) is 13.2 Å². The molecule has 1 nitrogen and oxygen atoms in total. The van der Waals surface area contributed by atoms with Crippen LogP contribution in [0.4, 0.5) is 13.2 Å². The Morgan fingerprint density at radius 1 is 1.46 bits per heavy atom. The third-order valence-electron chi connectivity index (χ3n) is 1.42. The lowest BCUT2D eigenvalue weighted by molar-refractivity contribution is 0.150. The minimum absolute atomic E-state index is 0.129. The normalized spacial score (nSPS) is 10.9. The third kappa shape index (κ3) is 2.06. The zero-order valence-electron chi connectivity index (χ0n) is 6.20. The van der Waals surface area contributed by atoms with E-state index in [9.17, 15) is 13.2 Å². The molecule has 0 N–H and O–H groups in total. The summed E-state index contributed by atoms with van der Waals surface area (Å²) in [5.41, 5.74) is -0.746. The van der Waals surface area contributed by atoms with Crippen LogP contribution in [0.2, 0.25) is 5.02 Å². The second-order valence-electron chi connectivity index (χ2n) is 2.22. The lowest BCUT2D eigenvalue weighted by Crippen LogP contribution is -1.97. The summed E-state index contributed by atoms with van der Waals surface area (Å²) >= 11 is 10.6. The number of hydrogen-bond acceptors (Lipinski definition) is 1. The van der Waals surface area contributed by atoms with Crippen LogP contribution in [0.25, 0.3) is 0 Å². The summed E-state index contributed by atoms with van der Waals surface area (Å²) in [4.78, 5) is 3.41. The van der Waals surface area contributed by atoms with Crippen molar-refractivity contribution in [1.82, 2.24) is 4.98 Å². The van der Waals surface area contributed by atoms with E-state index in [-0.39, 0.29) is 11.6 Å². The number of nitrogens with zero attached hydrogens (tertiary/aromatic N) is 1. The van der Waals surface area contributed by atoms with Crippen LogP contribution in [0.3, 0.4) is 0 Å². The Labute approximate surface area is 82.5 Å². The van der Waals surface area contributed by atoms with Crippen LogP contribution in [-0.2, 0) is 5.88 Å². The zero-order valence-corrected chi connectivity index (χ0v) is 7.71. The van der Waals surface area contributed by atoms with E-state index < -0.39 is 22.8 Å². The first-order valence-corrected chi connectivity index (χ1v) is 4.16. The van der Waals surface area contributed by atoms with Crippen LogP contribution in [0.15, 0.2) is 6.20 Å². The summed E-state index contributed by atoms with van der Waals surface area (Å²) in [5, 5.41) is -0.611. The maximum absolute atomic E-state index is 13.0. The molecule has 0 aromatic carbocycles. The molecule has 0 unspecified atom stereocenters. The van der Waals surface area contributed by atoms with Crippen molar-refractivity contribution in [2.45, 2.75) is 12.3 Å². The summed E-state index contributed by atoms with van der Waals surface area (Å²) in [5.74, 6) is -1.18. The molecule has 72 valence electrons. The lowest BCUT2D eigenvalue weighted by Gasteiger charge is -2.05. The Hall–Kier alpha value is -0.480. The molecule has 0 bridgehead atoms. The molecule has 1 heterocycles. The first-order valence-electron chi connectivity index (χ1n) is 3.24. The Kier molecular flexibility index (Phi) is 3.39. The minimum Gasteiger partial charge on any atom is -0.256 e. The second kappa shape index (κ2) is 4.15. The Bertz CT molecular complexity index is 317. The van der Waals surface area contributed by atoms with Crippen LogP contribution in [0.1, 0.15) is 17.7 Å². The number of rotatable bonds is 2. The summed E-state index contributed by atoms with van der Waals surface area (Å²) in [7, 11) is 0. The number of halogens is 5. The van der Waals surface area contributed by atoms with Gasteiger partial charge in [-0.15, -0.1) is 11.6 Å². The van der Waals surface area contributed by atoms with Crippen molar-refractivity contribution < 1.29 is 13.2 Å². The predicted octanol–water partition coefficient (Wildman–Crippen LogP) is 3.55. The Morgan fingerprint density at radius 3 is 2.54 bits per heavy atom. The van der Waals surface area contributed by atoms with Crippen LogP contribution >= 0.6 is 23.2 Å². The highest BCUT2D eigenvalue weighted by Gasteiger charge is 2.18. The van der Waals surface area contributed by atoms with Gasteiger partial charge in [-0.2, -0.15) is 0 Å². The molecule has 0 radical (unpaired) electrons. The SMILES string of the molecule is Fc1c(CCl)ncc(C(F)F)c1Cl. The average molecular weight is 230 g/mol. The Morgan fingerprint density at radius 2 is 2.08 bits per heavy atom. The van der Waals surface area contributed by atoms with Crippen molar-refractivity contribution in [3.05, 3.63) is 28.3 Å². The van der Waals surface area contributed by atoms with E-state index in [1.165, 1.54) is 0 Å². The second-order valence-corrected chi connectivity index (χ2v) is 2.87. The van der Waals surface area contributed by atoms with Gasteiger partial charge in [0.2, 0.25) is 0 Å². The third-order valence-corrected chi connectivity index (χ3v) is 2.06. The van der Waals surface area contributed by atoms with Gasteiger partial charge in [0.25, 0.3) is 6.43 Å². The highest BCUT2D eigenvalue weighted by Crippen LogP contribution is 2.29. The molecular formula is C7H4Cl2F3N. The molecule has 6 heteroatoms. The van der Waals surface area contributed by atoms with Crippen molar-refractivity contribution in [3.8, 4) is 0 Å². The molecule has 1 aromatic rings. The molecule has 1 rings (SSSR count). The van der Waals surface area contributed by atoms with Gasteiger partial charge in [0.05, 0.1) is 22.2 Å². The molecule has 0 fully saturated rings. The van der Waals surface area contributed by atoms with E-state index in [0.717, 1.165) is 6.20 Å². The summed E-state index contributed by atoms with van der Waals surface area (Å²) in [6.07, 6.45) is -2.01. The first kappa shape index (κ1) is 10.6. The standard InChI is InChI=1S/C7H4Cl2F3N/c8-1-4-6(10)5(9)3(2-13-4)7(11)12/h2,7H,1H2. The summed E-state index contributed by atoms with van der Waals surface area (Å²) < 4.78 is 37.2. The van der Waals surface area contributed by atoms with Crippen molar-refractivity contribution in [2.24, 2.45) is 0 Å². The maximum atomic E-state index is 13.0. The van der Waals surface area contributed by atoms with Crippen molar-refractivity contribution >= 4 is 23.2 Å². The number of alkyl halides is 3. The number of pyridine rings is 1. The highest BCUT2D eigenvalue weighted by molar-refractivity contribution is 6.31. The van der Waals surface area contributed by atoms with E-state index in [1.807, 2.05) is 0 Å². The predicted molar refractivity (Wildman–Crippen MR) is 43.7 cm³/mol. The topological polar surface area (TPSA) is 12.9 Å². The highest BCUT2D eigenvalue weighted by atomic mass is 35.5. The molecule has 0 saturated carbocycles. The molecule has 0 atom stereocenters. The van der Waals surface area contributed by atoms with E-state index in [1.54, 1.807) is 0 Å². The van der Waals surface area contributed by atoms with Crippen LogP contribution in [0.5, 0.6) is 0 Å². The van der Waals surface area contributed by atoms with Gasteiger partial charge in [-0.05, 0) is 0 Å². The van der Waals surface area contributed by atoms with Crippen LogP contribution < -0.4 is 0 Å². The summed E-state index contributed by atoms with van der Waals surface area (Å²) in [6.45, 7) is 0. The van der Waals surface area contributed by atoms with E-state index in [4.69, 9.17) is 23.2 Å². The van der Waals surface area contributed by atoms with Gasteiger partial charge in [0, 0.05) is 6.20 Å². The quantitative estimate of drug-likeness (QED) is 0.708. The van der Waals surface area contributed by atoms with Crippen LogP contribution in [0, 0.1) is 5.82 Å². The maximum Gasteiger partial charge on any atom is 0.266 e. The minimum atomic E-state index is -2.83. The average Bonchev–Trinajstić information content (AvgIpc) is 2.09. The zero-order chi connectivity index (χ0) is 10.0. The Balaban J connectivity index is 3.23. The van der Waals surface area contributed by atoms with Gasteiger partial charge in [0.15, 0.2) is 5.82 Å². The number of aromatic nitrogens is 1. The van der Waals surface area contributed by atoms with Gasteiger partial charge in [-0.1, -0.05) is 11.6 Å². The lowest BCUT2D eigenvalue weighted by atomic mass is 10.2. The van der Waals surface area contributed by atoms with Gasteiger partial charge >= 0.3 is 0 Å². The molecule has 0 aliphatic rings. The molecule has 0 aliphatic heterocycles. The first-order chi connectivity index (χ1) is 6.07. The fraction of sp³-hybridized carbons (Fsp3) is 0.286. The van der Waals surface area contributed by atoms with Gasteiger partial charge < -0.3 is 0 Å². The molecular weight excluding hydrogens is 226 g/mol. The fourth-order valence-corrected chi connectivity index (χ4v) is 1.19. The van der Waals surface area contributed by atoms with E-state index in [2.05, 4.69) is 4.98 Å². The molecule has 13 heavy (non-hydrogen) atoms. The van der Waals surface area contributed by atoms with Crippen molar-refractivity contribution in [3.63, 3.8) is 0 Å². The van der Waals surface area contributed by atoms with Gasteiger partial charge in [-0.3, -0.25) is 4.98 Å². The molecule has 1 aromatic heterocycles. The largest absolute Gasteiger partial charge is 0.266 e. The number of hydrogen-bond donors (Lipinski definition) is 0. The molecule has 0 saturated heterocycles. The monoisotopic (exact) mass is 229 g/mol. The fourth-order valence-electron chi connectivity index (χ4n) is 0.760. The van der Waals surface area contributed by atoms with Crippen molar-refractivity contribution in [1.29, 1.82) is 0 Å². The van der Waals surface area contributed by atoms with E-state index in [0.29, 0.717) is 0 Å². The molecule has 0 spiro atoms. The van der Waals surface area contributed by atoms with Crippen molar-refractivity contribution in [2.75, 3.05) is 0 Å². The molecule has 0 amide bonds. The van der Waals surface area contributed by atoms with Crippen LogP contribution in [-0.4, -0.2) is 4.98 Å². The van der Waals surface area contributed by atoms with E-state index >= 15 is 0 Å². The smallest absolute Gasteiger partial charge is 0.256 e. The molecule has 0 aliphatic carbocycles.